The molecule has 0 aliphatic carbocycles. The van der Waals surface area contributed by atoms with Gasteiger partial charge in [-0.1, -0.05) is 43.0 Å². The van der Waals surface area contributed by atoms with Gasteiger partial charge in [0.25, 0.3) is 5.91 Å². The standard InChI is InChI=1S/C17H14N2O/c1-13(2)15-10-6-7-11-16(15)19(12-18)17(20)14-8-4-3-5-9-14/h3-11H,1H2,2H3. The minimum Gasteiger partial charge on any atom is -0.268 e. The van der Waals surface area contributed by atoms with Crippen molar-refractivity contribution in [2.75, 3.05) is 4.90 Å². The number of carbonyl (C=O) groups excluding carboxylic acids is 1. The molecule has 0 spiro atoms. The predicted octanol–water partition coefficient (Wildman–Crippen LogP) is 3.85. The lowest BCUT2D eigenvalue weighted by Gasteiger charge is -2.17. The summed E-state index contributed by atoms with van der Waals surface area (Å²) in [7, 11) is 0. The van der Waals surface area contributed by atoms with E-state index < -0.39 is 0 Å². The smallest absolute Gasteiger partial charge is 0.268 e. The number of nitriles is 1. The molecule has 0 unspecified atom stereocenters. The van der Waals surface area contributed by atoms with Crippen LogP contribution in [0.15, 0.2) is 61.2 Å². The molecule has 0 aliphatic rings. The fourth-order valence-corrected chi connectivity index (χ4v) is 1.95. The Morgan fingerprint density at radius 1 is 1.10 bits per heavy atom. The average Bonchev–Trinajstić information content (AvgIpc) is 2.49. The lowest BCUT2D eigenvalue weighted by molar-refractivity contribution is 0.0999. The Hall–Kier alpha value is -2.86. The monoisotopic (exact) mass is 262 g/mol. The summed E-state index contributed by atoms with van der Waals surface area (Å²) in [4.78, 5) is 13.5. The first-order valence-electron chi connectivity index (χ1n) is 6.19. The van der Waals surface area contributed by atoms with Crippen LogP contribution >= 0.6 is 0 Å². The molecule has 0 atom stereocenters. The number of rotatable bonds is 3. The van der Waals surface area contributed by atoms with E-state index in [-0.39, 0.29) is 5.91 Å². The normalized spacial score (nSPS) is 9.60. The van der Waals surface area contributed by atoms with E-state index in [0.29, 0.717) is 11.3 Å². The zero-order valence-electron chi connectivity index (χ0n) is 11.2. The fourth-order valence-electron chi connectivity index (χ4n) is 1.95. The molecule has 2 aromatic carbocycles. The Bertz CT molecular complexity index is 684. The van der Waals surface area contributed by atoms with Crippen LogP contribution in [0.4, 0.5) is 5.69 Å². The van der Waals surface area contributed by atoms with Crippen LogP contribution in [0, 0.1) is 11.5 Å². The van der Waals surface area contributed by atoms with Crippen LogP contribution in [0.1, 0.15) is 22.8 Å². The van der Waals surface area contributed by atoms with Crippen molar-refractivity contribution in [1.29, 1.82) is 5.26 Å². The summed E-state index contributed by atoms with van der Waals surface area (Å²) in [6.07, 6.45) is 1.95. The molecule has 2 aromatic rings. The minimum absolute atomic E-state index is 0.346. The van der Waals surface area contributed by atoms with Crippen molar-refractivity contribution in [3.05, 3.63) is 72.3 Å². The van der Waals surface area contributed by atoms with Crippen molar-refractivity contribution in [2.45, 2.75) is 6.92 Å². The number of amides is 1. The van der Waals surface area contributed by atoms with Crippen molar-refractivity contribution >= 4 is 17.2 Å². The molecule has 0 aliphatic heterocycles. The molecule has 3 heteroatoms. The predicted molar refractivity (Wildman–Crippen MR) is 80.0 cm³/mol. The molecule has 1 amide bonds. The maximum atomic E-state index is 12.4. The van der Waals surface area contributed by atoms with Gasteiger partial charge in [0.05, 0.1) is 5.69 Å². The summed E-state index contributed by atoms with van der Waals surface area (Å²) < 4.78 is 0. The highest BCUT2D eigenvalue weighted by atomic mass is 16.2. The maximum absolute atomic E-state index is 12.4. The van der Waals surface area contributed by atoms with Crippen LogP contribution in [-0.2, 0) is 0 Å². The van der Waals surface area contributed by atoms with E-state index in [1.807, 2.05) is 31.3 Å². The van der Waals surface area contributed by atoms with Crippen molar-refractivity contribution in [3.63, 3.8) is 0 Å². The van der Waals surface area contributed by atoms with Crippen LogP contribution in [0.5, 0.6) is 0 Å². The third-order valence-corrected chi connectivity index (χ3v) is 2.93. The van der Waals surface area contributed by atoms with Gasteiger partial charge < -0.3 is 0 Å². The maximum Gasteiger partial charge on any atom is 0.271 e. The number of nitrogens with zero attached hydrogens (tertiary/aromatic N) is 2. The van der Waals surface area contributed by atoms with E-state index in [0.717, 1.165) is 16.0 Å². The van der Waals surface area contributed by atoms with Crippen molar-refractivity contribution < 1.29 is 4.79 Å². The zero-order chi connectivity index (χ0) is 14.5. The topological polar surface area (TPSA) is 44.1 Å². The molecular formula is C17H14N2O. The molecule has 3 nitrogen and oxygen atoms in total. The number of allylic oxidation sites excluding steroid dienone is 1. The summed E-state index contributed by atoms with van der Waals surface area (Å²) in [6.45, 7) is 5.74. The van der Waals surface area contributed by atoms with Gasteiger partial charge in [-0.05, 0) is 30.7 Å². The van der Waals surface area contributed by atoms with E-state index in [1.54, 1.807) is 36.4 Å². The second kappa shape index (κ2) is 5.85. The lowest BCUT2D eigenvalue weighted by atomic mass is 10.1. The molecule has 0 saturated carbocycles. The van der Waals surface area contributed by atoms with Gasteiger partial charge in [-0.25, -0.2) is 4.90 Å². The van der Waals surface area contributed by atoms with E-state index in [1.165, 1.54) is 0 Å². The van der Waals surface area contributed by atoms with Crippen LogP contribution in [0.2, 0.25) is 0 Å². The fraction of sp³-hybridized carbons (Fsp3) is 0.0588. The molecule has 0 fully saturated rings. The number of anilines is 1. The summed E-state index contributed by atoms with van der Waals surface area (Å²) in [5, 5.41) is 9.34. The van der Waals surface area contributed by atoms with Crippen molar-refractivity contribution in [3.8, 4) is 6.19 Å². The van der Waals surface area contributed by atoms with E-state index >= 15 is 0 Å². The van der Waals surface area contributed by atoms with Crippen molar-refractivity contribution in [1.82, 2.24) is 0 Å². The highest BCUT2D eigenvalue weighted by Gasteiger charge is 2.19. The van der Waals surface area contributed by atoms with E-state index in [2.05, 4.69) is 6.58 Å². The number of para-hydroxylation sites is 1. The largest absolute Gasteiger partial charge is 0.271 e. The highest BCUT2D eigenvalue weighted by molar-refractivity contribution is 6.09. The third-order valence-electron chi connectivity index (χ3n) is 2.93. The number of hydrogen-bond acceptors (Lipinski definition) is 2. The number of benzene rings is 2. The first-order valence-corrected chi connectivity index (χ1v) is 6.19. The minimum atomic E-state index is -0.346. The van der Waals surface area contributed by atoms with Crippen LogP contribution in [-0.4, -0.2) is 5.91 Å². The van der Waals surface area contributed by atoms with Crippen LogP contribution < -0.4 is 4.90 Å². The molecule has 0 saturated heterocycles. The summed E-state index contributed by atoms with van der Waals surface area (Å²) >= 11 is 0. The Labute approximate surface area is 118 Å². The molecule has 98 valence electrons. The second-order valence-corrected chi connectivity index (χ2v) is 4.40. The second-order valence-electron chi connectivity index (χ2n) is 4.40. The SMILES string of the molecule is C=C(C)c1ccccc1N(C#N)C(=O)c1ccccc1. The average molecular weight is 262 g/mol. The van der Waals surface area contributed by atoms with Gasteiger partial charge in [0.1, 0.15) is 0 Å². The Kier molecular flexibility index (Phi) is 3.97. The molecule has 0 N–H and O–H groups in total. The van der Waals surface area contributed by atoms with Crippen LogP contribution in [0.3, 0.4) is 0 Å². The molecule has 0 radical (unpaired) electrons. The van der Waals surface area contributed by atoms with Gasteiger partial charge in [0.2, 0.25) is 0 Å². The first-order chi connectivity index (χ1) is 9.65. The van der Waals surface area contributed by atoms with Crippen LogP contribution in [0.25, 0.3) is 5.57 Å². The van der Waals surface area contributed by atoms with Gasteiger partial charge in [-0.2, -0.15) is 5.26 Å². The van der Waals surface area contributed by atoms with Gasteiger partial charge >= 0.3 is 0 Å². The van der Waals surface area contributed by atoms with Gasteiger partial charge in [-0.3, -0.25) is 4.79 Å². The Balaban J connectivity index is 2.47. The summed E-state index contributed by atoms with van der Waals surface area (Å²) in [5.41, 5.74) is 2.63. The first kappa shape index (κ1) is 13.6. The van der Waals surface area contributed by atoms with E-state index in [4.69, 9.17) is 0 Å². The van der Waals surface area contributed by atoms with Gasteiger partial charge in [0.15, 0.2) is 6.19 Å². The highest BCUT2D eigenvalue weighted by Crippen LogP contribution is 2.26. The van der Waals surface area contributed by atoms with Crippen molar-refractivity contribution in [2.24, 2.45) is 0 Å². The molecule has 0 bridgehead atoms. The Morgan fingerprint density at radius 2 is 1.70 bits per heavy atom. The summed E-state index contributed by atoms with van der Waals surface area (Å²) in [6, 6.07) is 16.0. The van der Waals surface area contributed by atoms with E-state index in [9.17, 15) is 10.1 Å². The molecular weight excluding hydrogens is 248 g/mol. The molecule has 0 aromatic heterocycles. The zero-order valence-corrected chi connectivity index (χ0v) is 11.2. The van der Waals surface area contributed by atoms with Gasteiger partial charge in [-0.15, -0.1) is 0 Å². The molecule has 0 heterocycles. The molecule has 2 rings (SSSR count). The lowest BCUT2D eigenvalue weighted by Crippen LogP contribution is -2.26. The number of hydrogen-bond donors (Lipinski definition) is 0. The quantitative estimate of drug-likeness (QED) is 0.623. The Morgan fingerprint density at radius 3 is 2.30 bits per heavy atom. The third kappa shape index (κ3) is 2.60. The van der Waals surface area contributed by atoms with Gasteiger partial charge in [0, 0.05) is 11.1 Å². The number of carbonyl (C=O) groups is 1. The molecule has 20 heavy (non-hydrogen) atoms. The summed E-state index contributed by atoms with van der Waals surface area (Å²) in [5.74, 6) is -0.346.